The maximum Gasteiger partial charge on any atom is 0.303 e. The molecule has 0 aliphatic heterocycles. The number of amides is 1. The van der Waals surface area contributed by atoms with Crippen LogP contribution in [0.4, 0.5) is 0 Å². The van der Waals surface area contributed by atoms with Crippen molar-refractivity contribution >= 4 is 11.9 Å². The van der Waals surface area contributed by atoms with Gasteiger partial charge in [0, 0.05) is 19.4 Å². The molecule has 5 nitrogen and oxygen atoms in total. The molecule has 0 aliphatic carbocycles. The van der Waals surface area contributed by atoms with Crippen molar-refractivity contribution in [1.29, 1.82) is 0 Å². The maximum atomic E-state index is 11.4. The summed E-state index contributed by atoms with van der Waals surface area (Å²) in [5.41, 5.74) is 5.50. The first-order valence-corrected chi connectivity index (χ1v) is 5.68. The van der Waals surface area contributed by atoms with E-state index in [1.165, 1.54) is 0 Å². The normalized spacial score (nSPS) is 14.2. The first-order valence-electron chi connectivity index (χ1n) is 5.68. The van der Waals surface area contributed by atoms with Crippen LogP contribution in [0.5, 0.6) is 0 Å². The second kappa shape index (κ2) is 8.10. The number of carbonyl (C=O) groups is 2. The zero-order chi connectivity index (χ0) is 12.6. The molecule has 1 amide bonds. The molecule has 0 rings (SSSR count). The van der Waals surface area contributed by atoms with Crippen molar-refractivity contribution in [3.05, 3.63) is 0 Å². The lowest BCUT2D eigenvalue weighted by molar-refractivity contribution is -0.138. The predicted molar refractivity (Wildman–Crippen MR) is 61.9 cm³/mol. The van der Waals surface area contributed by atoms with Crippen LogP contribution in [0.2, 0.25) is 0 Å². The molecule has 2 unspecified atom stereocenters. The fraction of sp³-hybridized carbons (Fsp3) is 0.818. The van der Waals surface area contributed by atoms with Crippen LogP contribution in [0, 0.1) is 11.8 Å². The van der Waals surface area contributed by atoms with E-state index in [1.54, 1.807) is 6.92 Å². The van der Waals surface area contributed by atoms with E-state index in [2.05, 4.69) is 5.32 Å². The highest BCUT2D eigenvalue weighted by atomic mass is 16.4. The number of rotatable bonds is 8. The second-order valence-corrected chi connectivity index (χ2v) is 4.22. The monoisotopic (exact) mass is 230 g/mol. The smallest absolute Gasteiger partial charge is 0.303 e. The Kier molecular flexibility index (Phi) is 7.54. The van der Waals surface area contributed by atoms with Gasteiger partial charge in [-0.15, -0.1) is 0 Å². The summed E-state index contributed by atoms with van der Waals surface area (Å²) in [4.78, 5) is 21.8. The number of carbonyl (C=O) groups excluding carboxylic acids is 1. The molecule has 0 aromatic rings. The van der Waals surface area contributed by atoms with Gasteiger partial charge in [-0.05, 0) is 18.4 Å². The highest BCUT2D eigenvalue weighted by Gasteiger charge is 2.12. The van der Waals surface area contributed by atoms with Gasteiger partial charge in [0.25, 0.3) is 0 Å². The van der Waals surface area contributed by atoms with Gasteiger partial charge in [-0.2, -0.15) is 0 Å². The van der Waals surface area contributed by atoms with E-state index in [9.17, 15) is 9.59 Å². The quantitative estimate of drug-likeness (QED) is 0.569. The Bertz CT molecular complexity index is 227. The SMILES string of the molecule is CCC(CN)CC(=O)NCC(C)CC(=O)O. The standard InChI is InChI=1S/C11H22N2O3/c1-3-9(6-12)5-10(14)13-7-8(2)4-11(15)16/h8-9H,3-7,12H2,1-2H3,(H,13,14)(H,15,16). The zero-order valence-corrected chi connectivity index (χ0v) is 10.0. The molecule has 2 atom stereocenters. The molecule has 4 N–H and O–H groups in total. The first kappa shape index (κ1) is 14.9. The van der Waals surface area contributed by atoms with E-state index in [4.69, 9.17) is 10.8 Å². The zero-order valence-electron chi connectivity index (χ0n) is 10.0. The van der Waals surface area contributed by atoms with Crippen LogP contribution >= 0.6 is 0 Å². The number of hydrogen-bond donors (Lipinski definition) is 3. The van der Waals surface area contributed by atoms with Crippen LogP contribution in [-0.2, 0) is 9.59 Å². The topological polar surface area (TPSA) is 92.4 Å². The number of hydrogen-bond acceptors (Lipinski definition) is 3. The van der Waals surface area contributed by atoms with Crippen LogP contribution in [0.25, 0.3) is 0 Å². The molecule has 0 saturated heterocycles. The van der Waals surface area contributed by atoms with Gasteiger partial charge < -0.3 is 16.2 Å². The van der Waals surface area contributed by atoms with Crippen molar-refractivity contribution in [2.24, 2.45) is 17.6 Å². The molecule has 5 heteroatoms. The molecule has 0 radical (unpaired) electrons. The Morgan fingerprint density at radius 3 is 2.44 bits per heavy atom. The third-order valence-electron chi connectivity index (χ3n) is 2.56. The molecule has 0 bridgehead atoms. The van der Waals surface area contributed by atoms with E-state index >= 15 is 0 Å². The number of carboxylic acid groups (broad SMARTS) is 1. The van der Waals surface area contributed by atoms with E-state index < -0.39 is 5.97 Å². The molecular weight excluding hydrogens is 208 g/mol. The molecule has 94 valence electrons. The fourth-order valence-electron chi connectivity index (χ4n) is 1.39. The maximum absolute atomic E-state index is 11.4. The van der Waals surface area contributed by atoms with Gasteiger partial charge in [0.2, 0.25) is 5.91 Å². The van der Waals surface area contributed by atoms with Crippen molar-refractivity contribution in [3.8, 4) is 0 Å². The lowest BCUT2D eigenvalue weighted by Gasteiger charge is -2.14. The lowest BCUT2D eigenvalue weighted by Crippen LogP contribution is -2.31. The van der Waals surface area contributed by atoms with Gasteiger partial charge in [-0.25, -0.2) is 0 Å². The van der Waals surface area contributed by atoms with Crippen LogP contribution in [-0.4, -0.2) is 30.1 Å². The second-order valence-electron chi connectivity index (χ2n) is 4.22. The first-order chi connectivity index (χ1) is 7.49. The summed E-state index contributed by atoms with van der Waals surface area (Å²) in [7, 11) is 0. The average molecular weight is 230 g/mol. The summed E-state index contributed by atoms with van der Waals surface area (Å²) in [5, 5.41) is 11.3. The Labute approximate surface area is 96.4 Å². The third kappa shape index (κ3) is 7.23. The summed E-state index contributed by atoms with van der Waals surface area (Å²) in [6.45, 7) is 4.72. The van der Waals surface area contributed by atoms with Gasteiger partial charge in [0.1, 0.15) is 0 Å². The summed E-state index contributed by atoms with van der Waals surface area (Å²) < 4.78 is 0. The summed E-state index contributed by atoms with van der Waals surface area (Å²) >= 11 is 0. The van der Waals surface area contributed by atoms with Crippen molar-refractivity contribution in [2.75, 3.05) is 13.1 Å². The van der Waals surface area contributed by atoms with Crippen LogP contribution in [0.3, 0.4) is 0 Å². The summed E-state index contributed by atoms with van der Waals surface area (Å²) in [6.07, 6.45) is 1.38. The lowest BCUT2D eigenvalue weighted by atomic mass is 10.0. The van der Waals surface area contributed by atoms with E-state index in [1.807, 2.05) is 6.92 Å². The Hall–Kier alpha value is -1.10. The minimum absolute atomic E-state index is 0.0422. The van der Waals surface area contributed by atoms with Crippen LogP contribution in [0.15, 0.2) is 0 Å². The Balaban J connectivity index is 3.76. The Morgan fingerprint density at radius 1 is 1.38 bits per heavy atom. The molecule has 0 aliphatic rings. The molecule has 0 aromatic carbocycles. The number of carboxylic acids is 1. The molecular formula is C11H22N2O3. The summed E-state index contributed by atoms with van der Waals surface area (Å²) in [5.74, 6) is -0.709. The van der Waals surface area contributed by atoms with Crippen LogP contribution < -0.4 is 11.1 Å². The Morgan fingerprint density at radius 2 is 2.00 bits per heavy atom. The number of nitrogens with one attached hydrogen (secondary N) is 1. The van der Waals surface area contributed by atoms with Gasteiger partial charge in [0.05, 0.1) is 0 Å². The van der Waals surface area contributed by atoms with Gasteiger partial charge in [-0.3, -0.25) is 9.59 Å². The number of aliphatic carboxylic acids is 1. The van der Waals surface area contributed by atoms with Crippen molar-refractivity contribution < 1.29 is 14.7 Å². The highest BCUT2D eigenvalue weighted by Crippen LogP contribution is 2.06. The molecule has 0 fully saturated rings. The molecule has 16 heavy (non-hydrogen) atoms. The van der Waals surface area contributed by atoms with E-state index in [-0.39, 0.29) is 24.2 Å². The number of nitrogens with two attached hydrogens (primary N) is 1. The predicted octanol–water partition coefficient (Wildman–Crippen LogP) is 0.588. The molecule has 0 saturated carbocycles. The summed E-state index contributed by atoms with van der Waals surface area (Å²) in [6, 6.07) is 0. The van der Waals surface area contributed by atoms with Crippen molar-refractivity contribution in [2.45, 2.75) is 33.1 Å². The van der Waals surface area contributed by atoms with E-state index in [0.717, 1.165) is 6.42 Å². The van der Waals surface area contributed by atoms with Crippen molar-refractivity contribution in [3.63, 3.8) is 0 Å². The van der Waals surface area contributed by atoms with Crippen LogP contribution in [0.1, 0.15) is 33.1 Å². The average Bonchev–Trinajstić information content (AvgIpc) is 2.22. The van der Waals surface area contributed by atoms with Gasteiger partial charge in [0.15, 0.2) is 0 Å². The largest absolute Gasteiger partial charge is 0.481 e. The fourth-order valence-corrected chi connectivity index (χ4v) is 1.39. The molecule has 0 heterocycles. The van der Waals surface area contributed by atoms with E-state index in [0.29, 0.717) is 19.5 Å². The minimum Gasteiger partial charge on any atom is -0.481 e. The molecule has 0 spiro atoms. The third-order valence-corrected chi connectivity index (χ3v) is 2.56. The molecule has 0 aromatic heterocycles. The van der Waals surface area contributed by atoms with Gasteiger partial charge >= 0.3 is 5.97 Å². The van der Waals surface area contributed by atoms with Crippen molar-refractivity contribution in [1.82, 2.24) is 5.32 Å². The van der Waals surface area contributed by atoms with Gasteiger partial charge in [-0.1, -0.05) is 20.3 Å². The highest BCUT2D eigenvalue weighted by molar-refractivity contribution is 5.76. The minimum atomic E-state index is -0.838.